The van der Waals surface area contributed by atoms with Crippen molar-refractivity contribution in [2.75, 3.05) is 0 Å². The van der Waals surface area contributed by atoms with Gasteiger partial charge in [-0.3, -0.25) is 4.68 Å². The van der Waals surface area contributed by atoms with Crippen LogP contribution in [0, 0.1) is 0 Å². The van der Waals surface area contributed by atoms with Crippen molar-refractivity contribution in [2.24, 2.45) is 0 Å². The molecule has 1 aromatic heterocycles. The molecule has 2 N–H and O–H groups in total. The highest BCUT2D eigenvalue weighted by molar-refractivity contribution is 5.09. The van der Waals surface area contributed by atoms with E-state index in [9.17, 15) is 5.11 Å². The molecule has 18 heavy (non-hydrogen) atoms. The standard InChI is InChI=1S/C14H25N3O/c1-3-17-10-12(9-15-17)11(2)16-13-7-5-4-6-8-14(13)18/h9-11,13-14,16,18H,3-8H2,1-2H3. The number of aromatic nitrogens is 2. The Labute approximate surface area is 109 Å². The zero-order chi connectivity index (χ0) is 13.0. The average Bonchev–Trinajstić information content (AvgIpc) is 2.77. The number of nitrogens with one attached hydrogen (secondary N) is 1. The second-order valence-electron chi connectivity index (χ2n) is 5.33. The summed E-state index contributed by atoms with van der Waals surface area (Å²) >= 11 is 0. The van der Waals surface area contributed by atoms with Gasteiger partial charge in [0.05, 0.1) is 12.3 Å². The van der Waals surface area contributed by atoms with Crippen LogP contribution in [-0.4, -0.2) is 27.0 Å². The molecule has 3 atom stereocenters. The van der Waals surface area contributed by atoms with Crippen molar-refractivity contribution in [1.29, 1.82) is 0 Å². The lowest BCUT2D eigenvalue weighted by Gasteiger charge is -2.25. The predicted octanol–water partition coefficient (Wildman–Crippen LogP) is 2.25. The van der Waals surface area contributed by atoms with E-state index >= 15 is 0 Å². The number of rotatable bonds is 4. The fraction of sp³-hybridized carbons (Fsp3) is 0.786. The van der Waals surface area contributed by atoms with Gasteiger partial charge in [0, 0.05) is 30.4 Å². The Hall–Kier alpha value is -0.870. The maximum atomic E-state index is 10.1. The minimum absolute atomic E-state index is 0.198. The molecule has 2 rings (SSSR count). The summed E-state index contributed by atoms with van der Waals surface area (Å²) < 4.78 is 1.94. The summed E-state index contributed by atoms with van der Waals surface area (Å²) in [5.74, 6) is 0. The fourth-order valence-electron chi connectivity index (χ4n) is 2.68. The predicted molar refractivity (Wildman–Crippen MR) is 72.3 cm³/mol. The molecule has 1 saturated carbocycles. The quantitative estimate of drug-likeness (QED) is 0.807. The average molecular weight is 251 g/mol. The van der Waals surface area contributed by atoms with E-state index in [0.717, 1.165) is 25.8 Å². The highest BCUT2D eigenvalue weighted by Crippen LogP contribution is 2.21. The molecule has 0 amide bonds. The van der Waals surface area contributed by atoms with E-state index < -0.39 is 0 Å². The molecule has 0 spiro atoms. The molecule has 1 fully saturated rings. The third-order valence-electron chi connectivity index (χ3n) is 3.92. The highest BCUT2D eigenvalue weighted by atomic mass is 16.3. The van der Waals surface area contributed by atoms with Gasteiger partial charge in [0.15, 0.2) is 0 Å². The number of nitrogens with zero attached hydrogens (tertiary/aromatic N) is 2. The zero-order valence-electron chi connectivity index (χ0n) is 11.5. The second kappa shape index (κ2) is 6.34. The van der Waals surface area contributed by atoms with Crippen LogP contribution in [0.2, 0.25) is 0 Å². The van der Waals surface area contributed by atoms with E-state index in [2.05, 4.69) is 30.5 Å². The van der Waals surface area contributed by atoms with E-state index in [4.69, 9.17) is 0 Å². The summed E-state index contributed by atoms with van der Waals surface area (Å²) in [6.07, 6.45) is 9.43. The van der Waals surface area contributed by atoms with Crippen LogP contribution < -0.4 is 5.32 Å². The number of hydrogen-bond donors (Lipinski definition) is 2. The Morgan fingerprint density at radius 3 is 2.94 bits per heavy atom. The first-order valence-corrected chi connectivity index (χ1v) is 7.17. The normalized spacial score (nSPS) is 26.8. The minimum atomic E-state index is -0.198. The third kappa shape index (κ3) is 3.33. The van der Waals surface area contributed by atoms with Crippen molar-refractivity contribution >= 4 is 0 Å². The van der Waals surface area contributed by atoms with Gasteiger partial charge in [0.1, 0.15) is 0 Å². The molecule has 1 heterocycles. The van der Waals surface area contributed by atoms with Crippen molar-refractivity contribution in [3.05, 3.63) is 18.0 Å². The Morgan fingerprint density at radius 1 is 1.44 bits per heavy atom. The highest BCUT2D eigenvalue weighted by Gasteiger charge is 2.23. The Kier molecular flexibility index (Phi) is 4.78. The summed E-state index contributed by atoms with van der Waals surface area (Å²) in [6, 6.07) is 0.482. The maximum Gasteiger partial charge on any atom is 0.0693 e. The van der Waals surface area contributed by atoms with Gasteiger partial charge in [-0.15, -0.1) is 0 Å². The van der Waals surface area contributed by atoms with Crippen molar-refractivity contribution in [1.82, 2.24) is 15.1 Å². The molecule has 0 aromatic carbocycles. The lowest BCUT2D eigenvalue weighted by Crippen LogP contribution is -2.40. The van der Waals surface area contributed by atoms with Crippen LogP contribution in [0.5, 0.6) is 0 Å². The summed E-state index contributed by atoms with van der Waals surface area (Å²) in [6.45, 7) is 5.14. The lowest BCUT2D eigenvalue weighted by molar-refractivity contribution is 0.115. The van der Waals surface area contributed by atoms with Gasteiger partial charge in [0.2, 0.25) is 0 Å². The lowest BCUT2D eigenvalue weighted by atomic mass is 10.0. The van der Waals surface area contributed by atoms with E-state index in [1.165, 1.54) is 18.4 Å². The van der Waals surface area contributed by atoms with E-state index in [-0.39, 0.29) is 18.2 Å². The molecule has 1 aromatic rings. The monoisotopic (exact) mass is 251 g/mol. The SMILES string of the molecule is CCn1cc(C(C)NC2CCCCCC2O)cn1. The number of aryl methyl sites for hydroxylation is 1. The fourth-order valence-corrected chi connectivity index (χ4v) is 2.68. The van der Waals surface area contributed by atoms with Crippen LogP contribution in [-0.2, 0) is 6.54 Å². The molecule has 102 valence electrons. The van der Waals surface area contributed by atoms with E-state index in [1.54, 1.807) is 0 Å². The summed E-state index contributed by atoms with van der Waals surface area (Å²) in [5, 5.41) is 18.0. The molecule has 4 heteroatoms. The Morgan fingerprint density at radius 2 is 2.22 bits per heavy atom. The topological polar surface area (TPSA) is 50.1 Å². The van der Waals surface area contributed by atoms with Crippen molar-refractivity contribution < 1.29 is 5.11 Å². The number of hydrogen-bond acceptors (Lipinski definition) is 3. The molecule has 4 nitrogen and oxygen atoms in total. The molecular weight excluding hydrogens is 226 g/mol. The zero-order valence-corrected chi connectivity index (χ0v) is 11.5. The van der Waals surface area contributed by atoms with Gasteiger partial charge in [-0.2, -0.15) is 5.10 Å². The third-order valence-corrected chi connectivity index (χ3v) is 3.92. The van der Waals surface area contributed by atoms with Crippen molar-refractivity contribution in [3.63, 3.8) is 0 Å². The second-order valence-corrected chi connectivity index (χ2v) is 5.33. The summed E-state index contributed by atoms with van der Waals surface area (Å²) in [4.78, 5) is 0. The van der Waals surface area contributed by atoms with Crippen LogP contribution >= 0.6 is 0 Å². The molecular formula is C14H25N3O. The van der Waals surface area contributed by atoms with Gasteiger partial charge >= 0.3 is 0 Å². The van der Waals surface area contributed by atoms with Gasteiger partial charge in [-0.1, -0.05) is 19.3 Å². The van der Waals surface area contributed by atoms with E-state index in [1.807, 2.05) is 10.9 Å². The van der Waals surface area contributed by atoms with Gasteiger partial charge in [-0.25, -0.2) is 0 Å². The van der Waals surface area contributed by atoms with Crippen LogP contribution in [0.25, 0.3) is 0 Å². The molecule has 0 bridgehead atoms. The molecule has 1 aliphatic rings. The molecule has 0 saturated heterocycles. The molecule has 1 aliphatic carbocycles. The Balaban J connectivity index is 1.94. The molecule has 0 aliphatic heterocycles. The van der Waals surface area contributed by atoms with Crippen LogP contribution in [0.1, 0.15) is 57.6 Å². The van der Waals surface area contributed by atoms with E-state index in [0.29, 0.717) is 0 Å². The first-order chi connectivity index (χ1) is 8.70. The van der Waals surface area contributed by atoms with Gasteiger partial charge in [0.25, 0.3) is 0 Å². The molecule has 3 unspecified atom stereocenters. The summed E-state index contributed by atoms with van der Waals surface area (Å²) in [7, 11) is 0. The smallest absolute Gasteiger partial charge is 0.0693 e. The van der Waals surface area contributed by atoms with Crippen molar-refractivity contribution in [2.45, 2.75) is 70.7 Å². The van der Waals surface area contributed by atoms with Crippen LogP contribution in [0.15, 0.2) is 12.4 Å². The number of aliphatic hydroxyl groups excluding tert-OH is 1. The first-order valence-electron chi connectivity index (χ1n) is 7.17. The van der Waals surface area contributed by atoms with Gasteiger partial charge in [-0.05, 0) is 26.7 Å². The van der Waals surface area contributed by atoms with Crippen molar-refractivity contribution in [3.8, 4) is 0 Å². The maximum absolute atomic E-state index is 10.1. The Bertz CT molecular complexity index is 364. The first kappa shape index (κ1) is 13.6. The minimum Gasteiger partial charge on any atom is -0.392 e. The molecule has 0 radical (unpaired) electrons. The van der Waals surface area contributed by atoms with Gasteiger partial charge < -0.3 is 10.4 Å². The van der Waals surface area contributed by atoms with Crippen LogP contribution in [0.4, 0.5) is 0 Å². The largest absolute Gasteiger partial charge is 0.392 e. The number of aliphatic hydroxyl groups is 1. The summed E-state index contributed by atoms with van der Waals surface area (Å²) in [5.41, 5.74) is 1.20. The van der Waals surface area contributed by atoms with Crippen LogP contribution in [0.3, 0.4) is 0 Å².